The monoisotopic (exact) mass is 395 g/mol. The summed E-state index contributed by atoms with van der Waals surface area (Å²) in [6, 6.07) is 3.49. The Morgan fingerprint density at radius 3 is 2.37 bits per heavy atom. The van der Waals surface area contributed by atoms with Gasteiger partial charge in [-0.2, -0.15) is 4.31 Å². The van der Waals surface area contributed by atoms with Gasteiger partial charge in [-0.25, -0.2) is 13.4 Å². The Hall–Kier alpha value is -1.71. The predicted molar refractivity (Wildman–Crippen MR) is 98.8 cm³/mol. The lowest BCUT2D eigenvalue weighted by atomic mass is 10.2. The van der Waals surface area contributed by atoms with Crippen molar-refractivity contribution in [2.24, 2.45) is 0 Å². The second-order valence-electron chi connectivity index (χ2n) is 7.33. The van der Waals surface area contributed by atoms with Crippen molar-refractivity contribution in [1.82, 2.24) is 9.21 Å². The van der Waals surface area contributed by atoms with Gasteiger partial charge in [0.2, 0.25) is 10.0 Å². The van der Waals surface area contributed by atoms with Gasteiger partial charge in [-0.05, 0) is 31.7 Å². The van der Waals surface area contributed by atoms with Gasteiger partial charge in [0, 0.05) is 25.8 Å². The number of aromatic amines is 1. The topological polar surface area (TPSA) is 84.3 Å². The van der Waals surface area contributed by atoms with Gasteiger partial charge >= 0.3 is 0 Å². The average molecular weight is 396 g/mol. The largest absolute Gasteiger partial charge is 0.368 e. The molecule has 148 valence electrons. The van der Waals surface area contributed by atoms with Gasteiger partial charge in [-0.15, -0.1) is 0 Å². The van der Waals surface area contributed by atoms with Crippen molar-refractivity contribution < 1.29 is 22.9 Å². The third-order valence-electron chi connectivity index (χ3n) is 5.61. The number of piperazine rings is 1. The molecule has 27 heavy (non-hydrogen) atoms. The first-order valence-corrected chi connectivity index (χ1v) is 11.2. The lowest BCUT2D eigenvalue weighted by Gasteiger charge is -2.32. The number of H-pyrrole nitrogens is 1. The van der Waals surface area contributed by atoms with Gasteiger partial charge < -0.3 is 9.64 Å². The minimum atomic E-state index is -3.40. The van der Waals surface area contributed by atoms with E-state index in [1.807, 2.05) is 11.0 Å². The molecule has 1 atom stereocenters. The van der Waals surface area contributed by atoms with Crippen molar-refractivity contribution in [2.75, 3.05) is 50.8 Å². The molecule has 1 aromatic rings. The third-order valence-corrected chi connectivity index (χ3v) is 7.50. The Labute approximate surface area is 160 Å². The number of ether oxygens (including phenoxy) is 1. The van der Waals surface area contributed by atoms with E-state index in [0.29, 0.717) is 50.8 Å². The number of carbonyl (C=O) groups excluding carboxylic acids is 1. The van der Waals surface area contributed by atoms with Gasteiger partial charge in [0.25, 0.3) is 11.7 Å². The van der Waals surface area contributed by atoms with E-state index in [2.05, 4.69) is 9.88 Å². The molecule has 9 heteroatoms. The number of rotatable bonds is 4. The molecule has 3 aliphatic heterocycles. The van der Waals surface area contributed by atoms with Crippen molar-refractivity contribution in [3.63, 3.8) is 0 Å². The minimum absolute atomic E-state index is 0.100. The Morgan fingerprint density at radius 1 is 1.04 bits per heavy atom. The van der Waals surface area contributed by atoms with Crippen LogP contribution in [0.1, 0.15) is 25.7 Å². The molecule has 4 rings (SSSR count). The number of nitrogens with one attached hydrogen (secondary N) is 1. The number of pyridine rings is 1. The number of hydrogen-bond donors (Lipinski definition) is 0. The van der Waals surface area contributed by atoms with Crippen LogP contribution in [0.5, 0.6) is 0 Å². The fourth-order valence-electron chi connectivity index (χ4n) is 3.98. The Bertz CT molecular complexity index is 763. The smallest absolute Gasteiger partial charge is 0.274 e. The molecule has 3 aliphatic rings. The zero-order valence-corrected chi connectivity index (χ0v) is 16.3. The Morgan fingerprint density at radius 2 is 1.78 bits per heavy atom. The van der Waals surface area contributed by atoms with E-state index >= 15 is 0 Å². The maximum atomic E-state index is 12.6. The van der Waals surface area contributed by atoms with E-state index in [0.717, 1.165) is 31.5 Å². The highest BCUT2D eigenvalue weighted by molar-refractivity contribution is 7.89. The van der Waals surface area contributed by atoms with E-state index in [1.165, 1.54) is 0 Å². The van der Waals surface area contributed by atoms with Crippen LogP contribution in [-0.4, -0.2) is 75.5 Å². The van der Waals surface area contributed by atoms with Crippen LogP contribution in [0.2, 0.25) is 0 Å². The molecule has 3 fully saturated rings. The van der Waals surface area contributed by atoms with E-state index in [1.54, 1.807) is 16.6 Å². The number of nitrogens with zero attached hydrogens (tertiary/aromatic N) is 3. The molecule has 0 saturated carbocycles. The maximum Gasteiger partial charge on any atom is 0.274 e. The lowest BCUT2D eigenvalue weighted by molar-refractivity contribution is -0.367. The van der Waals surface area contributed by atoms with Crippen molar-refractivity contribution in [2.45, 2.75) is 36.7 Å². The second kappa shape index (κ2) is 7.73. The average Bonchev–Trinajstić information content (AvgIpc) is 3.42. The number of anilines is 1. The lowest BCUT2D eigenvalue weighted by Crippen LogP contribution is -2.52. The quantitative estimate of drug-likeness (QED) is 0.723. The fraction of sp³-hybridized carbons (Fsp3) is 0.667. The van der Waals surface area contributed by atoms with E-state index in [4.69, 9.17) is 4.74 Å². The number of carbonyl (C=O) groups is 1. The summed E-state index contributed by atoms with van der Waals surface area (Å²) in [7, 11) is -3.40. The Balaban J connectivity index is 1.37. The molecule has 0 aromatic carbocycles. The van der Waals surface area contributed by atoms with Crippen LogP contribution in [0.15, 0.2) is 23.2 Å². The summed E-state index contributed by atoms with van der Waals surface area (Å²) in [5.74, 6) is 0.975. The molecule has 3 saturated heterocycles. The number of hydrogen-bond acceptors (Lipinski definition) is 5. The third kappa shape index (κ3) is 3.81. The van der Waals surface area contributed by atoms with Crippen LogP contribution < -0.4 is 9.88 Å². The SMILES string of the molecule is O=C([C@@H]1CCCO1)N1CCN(c2ccc(S(=O)(=O)N3CCCC3)c[nH+]2)CC1. The van der Waals surface area contributed by atoms with Crippen LogP contribution in [0, 0.1) is 0 Å². The molecule has 8 nitrogen and oxygen atoms in total. The summed E-state index contributed by atoms with van der Waals surface area (Å²) >= 11 is 0. The van der Waals surface area contributed by atoms with Gasteiger partial charge in [-0.1, -0.05) is 0 Å². The van der Waals surface area contributed by atoms with Crippen LogP contribution in [0.4, 0.5) is 5.82 Å². The molecule has 0 aliphatic carbocycles. The normalized spacial score (nSPS) is 24.5. The molecular weight excluding hydrogens is 368 g/mol. The van der Waals surface area contributed by atoms with Gasteiger partial charge in [0.05, 0.1) is 13.1 Å². The number of amides is 1. The summed E-state index contributed by atoms with van der Waals surface area (Å²) in [6.07, 6.45) is 4.94. The molecule has 0 spiro atoms. The summed E-state index contributed by atoms with van der Waals surface area (Å²) in [6.45, 7) is 4.62. The van der Waals surface area contributed by atoms with Crippen molar-refractivity contribution in [1.29, 1.82) is 0 Å². The van der Waals surface area contributed by atoms with Gasteiger partial charge in [0.1, 0.15) is 30.3 Å². The van der Waals surface area contributed by atoms with Gasteiger partial charge in [-0.3, -0.25) is 9.69 Å². The fourth-order valence-corrected chi connectivity index (χ4v) is 5.47. The molecule has 1 N–H and O–H groups in total. The molecule has 4 heterocycles. The second-order valence-corrected chi connectivity index (χ2v) is 9.27. The van der Waals surface area contributed by atoms with E-state index in [-0.39, 0.29) is 12.0 Å². The maximum absolute atomic E-state index is 12.6. The molecular formula is C18H27N4O4S+. The van der Waals surface area contributed by atoms with Crippen LogP contribution >= 0.6 is 0 Å². The highest BCUT2D eigenvalue weighted by Crippen LogP contribution is 2.21. The molecule has 0 bridgehead atoms. The summed E-state index contributed by atoms with van der Waals surface area (Å²) in [5.41, 5.74) is 0. The first kappa shape index (κ1) is 18.6. The molecule has 0 unspecified atom stereocenters. The Kier molecular flexibility index (Phi) is 5.34. The summed E-state index contributed by atoms with van der Waals surface area (Å²) < 4.78 is 32.2. The summed E-state index contributed by atoms with van der Waals surface area (Å²) in [4.78, 5) is 19.9. The predicted octanol–water partition coefficient (Wildman–Crippen LogP) is 0.113. The van der Waals surface area contributed by atoms with Crippen LogP contribution in [0.3, 0.4) is 0 Å². The molecule has 0 radical (unpaired) electrons. The first-order valence-electron chi connectivity index (χ1n) is 9.73. The standard InChI is InChI=1S/C18H26N4O4S/c23-18(16-4-3-13-26-16)21-11-9-20(10-12-21)17-6-5-15(14-19-17)27(24,25)22-7-1-2-8-22/h5-6,14,16H,1-4,7-13H2/p+1/t16-/m0/s1. The highest BCUT2D eigenvalue weighted by atomic mass is 32.2. The van der Waals surface area contributed by atoms with E-state index in [9.17, 15) is 13.2 Å². The van der Waals surface area contributed by atoms with E-state index < -0.39 is 10.0 Å². The van der Waals surface area contributed by atoms with Crippen molar-refractivity contribution >= 4 is 21.7 Å². The van der Waals surface area contributed by atoms with Crippen LogP contribution in [0.25, 0.3) is 0 Å². The van der Waals surface area contributed by atoms with Crippen molar-refractivity contribution in [3.8, 4) is 0 Å². The molecule has 1 amide bonds. The number of sulfonamides is 1. The highest BCUT2D eigenvalue weighted by Gasteiger charge is 2.33. The zero-order chi connectivity index (χ0) is 18.9. The summed E-state index contributed by atoms with van der Waals surface area (Å²) in [5, 5.41) is 0. The molecule has 1 aromatic heterocycles. The van der Waals surface area contributed by atoms with Crippen molar-refractivity contribution in [3.05, 3.63) is 18.3 Å². The van der Waals surface area contributed by atoms with Crippen LogP contribution in [-0.2, 0) is 19.6 Å². The number of aromatic nitrogens is 1. The van der Waals surface area contributed by atoms with Gasteiger partial charge in [0.15, 0.2) is 0 Å². The minimum Gasteiger partial charge on any atom is -0.368 e. The zero-order valence-electron chi connectivity index (χ0n) is 15.5. The first-order chi connectivity index (χ1) is 13.1.